The second-order valence-electron chi connectivity index (χ2n) is 4.05. The highest BCUT2D eigenvalue weighted by atomic mass is 79.9. The molecule has 0 saturated carbocycles. The molecule has 0 atom stereocenters. The van der Waals surface area contributed by atoms with Crippen LogP contribution in [0.2, 0.25) is 0 Å². The van der Waals surface area contributed by atoms with E-state index < -0.39 is 0 Å². The summed E-state index contributed by atoms with van der Waals surface area (Å²) in [6, 6.07) is 17.9. The van der Waals surface area contributed by atoms with E-state index in [1.54, 1.807) is 6.07 Å². The first-order valence-electron chi connectivity index (χ1n) is 5.56. The molecule has 1 N–H and O–H groups in total. The molecule has 18 heavy (non-hydrogen) atoms. The predicted molar refractivity (Wildman–Crippen MR) is 76.1 cm³/mol. The Morgan fingerprint density at radius 3 is 2.67 bits per heavy atom. The number of rotatable bonds is 1. The van der Waals surface area contributed by atoms with Crippen LogP contribution in [0.25, 0.3) is 22.2 Å². The van der Waals surface area contributed by atoms with Gasteiger partial charge in [-0.05, 0) is 34.1 Å². The Morgan fingerprint density at radius 1 is 1.06 bits per heavy atom. The first-order chi connectivity index (χ1) is 8.79. The minimum absolute atomic E-state index is 0.665. The Kier molecular flexibility index (Phi) is 2.66. The molecule has 1 heterocycles. The zero-order chi connectivity index (χ0) is 12.5. The van der Waals surface area contributed by atoms with Crippen molar-refractivity contribution in [3.63, 3.8) is 0 Å². The van der Waals surface area contributed by atoms with Gasteiger partial charge in [0.15, 0.2) is 0 Å². The summed E-state index contributed by atoms with van der Waals surface area (Å²) in [6.07, 6.45) is 0. The molecule has 3 rings (SSSR count). The van der Waals surface area contributed by atoms with Gasteiger partial charge in [-0.3, -0.25) is 0 Å². The molecule has 0 saturated heterocycles. The van der Waals surface area contributed by atoms with Gasteiger partial charge in [0.25, 0.3) is 0 Å². The van der Waals surface area contributed by atoms with E-state index in [2.05, 4.69) is 33.0 Å². The van der Waals surface area contributed by atoms with Crippen molar-refractivity contribution >= 4 is 26.8 Å². The summed E-state index contributed by atoms with van der Waals surface area (Å²) in [4.78, 5) is 3.38. The number of halogens is 1. The van der Waals surface area contributed by atoms with Gasteiger partial charge in [-0.2, -0.15) is 5.26 Å². The van der Waals surface area contributed by atoms with Crippen LogP contribution in [0.3, 0.4) is 0 Å². The summed E-state index contributed by atoms with van der Waals surface area (Å²) in [5.74, 6) is 0. The van der Waals surface area contributed by atoms with Crippen molar-refractivity contribution in [3.05, 3.63) is 58.6 Å². The zero-order valence-corrected chi connectivity index (χ0v) is 11.0. The minimum Gasteiger partial charge on any atom is -0.354 e. The molecule has 0 spiro atoms. The third-order valence-electron chi connectivity index (χ3n) is 2.92. The molecule has 2 nitrogen and oxygen atoms in total. The lowest BCUT2D eigenvalue weighted by Gasteiger charge is -1.99. The lowest BCUT2D eigenvalue weighted by molar-refractivity contribution is 1.43. The number of H-pyrrole nitrogens is 1. The van der Waals surface area contributed by atoms with Gasteiger partial charge in [0.1, 0.15) is 0 Å². The van der Waals surface area contributed by atoms with Gasteiger partial charge in [-0.15, -0.1) is 0 Å². The van der Waals surface area contributed by atoms with Crippen molar-refractivity contribution in [2.45, 2.75) is 0 Å². The Hall–Kier alpha value is -2.05. The normalized spacial score (nSPS) is 10.4. The first-order valence-corrected chi connectivity index (χ1v) is 6.35. The molecular weight excluding hydrogens is 288 g/mol. The number of hydrogen-bond acceptors (Lipinski definition) is 1. The smallest absolute Gasteiger partial charge is 0.0991 e. The fourth-order valence-electron chi connectivity index (χ4n) is 2.05. The van der Waals surface area contributed by atoms with E-state index in [4.69, 9.17) is 5.26 Å². The summed E-state index contributed by atoms with van der Waals surface area (Å²) in [6.45, 7) is 0. The fourth-order valence-corrected chi connectivity index (χ4v) is 2.72. The van der Waals surface area contributed by atoms with Gasteiger partial charge >= 0.3 is 0 Å². The Labute approximate surface area is 113 Å². The van der Waals surface area contributed by atoms with Crippen LogP contribution in [-0.4, -0.2) is 4.98 Å². The molecule has 0 unspecified atom stereocenters. The Bertz CT molecular complexity index is 766. The molecule has 0 aliphatic rings. The lowest BCUT2D eigenvalue weighted by atomic mass is 10.1. The summed E-state index contributed by atoms with van der Waals surface area (Å²) in [5, 5.41) is 10.1. The average Bonchev–Trinajstić information content (AvgIpc) is 2.77. The quantitative estimate of drug-likeness (QED) is 0.707. The molecule has 3 heteroatoms. The highest BCUT2D eigenvalue weighted by Crippen LogP contribution is 2.34. The third-order valence-corrected chi connectivity index (χ3v) is 3.75. The molecule has 3 aromatic rings. The fraction of sp³-hybridized carbons (Fsp3) is 0. The van der Waals surface area contributed by atoms with Gasteiger partial charge < -0.3 is 4.98 Å². The SMILES string of the molecule is N#Cc1cccc(-c2[nH]c3ccccc3c2Br)c1. The molecule has 2 aromatic carbocycles. The lowest BCUT2D eigenvalue weighted by Crippen LogP contribution is -1.80. The van der Waals surface area contributed by atoms with Crippen molar-refractivity contribution in [2.24, 2.45) is 0 Å². The van der Waals surface area contributed by atoms with Crippen molar-refractivity contribution in [1.82, 2.24) is 4.98 Å². The van der Waals surface area contributed by atoms with Gasteiger partial charge in [0, 0.05) is 16.5 Å². The third kappa shape index (κ3) is 1.71. The molecule has 1 aromatic heterocycles. The van der Waals surface area contributed by atoms with Crippen LogP contribution < -0.4 is 0 Å². The van der Waals surface area contributed by atoms with E-state index in [1.165, 1.54) is 0 Å². The predicted octanol–water partition coefficient (Wildman–Crippen LogP) is 4.47. The topological polar surface area (TPSA) is 39.6 Å². The average molecular weight is 297 g/mol. The van der Waals surface area contributed by atoms with Crippen molar-refractivity contribution in [2.75, 3.05) is 0 Å². The highest BCUT2D eigenvalue weighted by molar-refractivity contribution is 9.10. The van der Waals surface area contributed by atoms with E-state index in [9.17, 15) is 0 Å². The highest BCUT2D eigenvalue weighted by Gasteiger charge is 2.10. The second-order valence-corrected chi connectivity index (χ2v) is 4.85. The second kappa shape index (κ2) is 4.32. The number of nitrogens with one attached hydrogen (secondary N) is 1. The number of fused-ring (bicyclic) bond motifs is 1. The Balaban J connectivity index is 2.25. The summed E-state index contributed by atoms with van der Waals surface area (Å²) in [7, 11) is 0. The summed E-state index contributed by atoms with van der Waals surface area (Å²) >= 11 is 3.62. The Morgan fingerprint density at radius 2 is 1.89 bits per heavy atom. The maximum Gasteiger partial charge on any atom is 0.0991 e. The maximum atomic E-state index is 8.95. The van der Waals surface area contributed by atoms with Crippen molar-refractivity contribution in [1.29, 1.82) is 5.26 Å². The monoisotopic (exact) mass is 296 g/mol. The molecule has 0 fully saturated rings. The van der Waals surface area contributed by atoms with Gasteiger partial charge in [0.2, 0.25) is 0 Å². The summed E-state index contributed by atoms with van der Waals surface area (Å²) < 4.78 is 1.04. The molecule has 0 aliphatic carbocycles. The van der Waals surface area contributed by atoms with E-state index in [0.29, 0.717) is 5.56 Å². The molecular formula is C15H9BrN2. The zero-order valence-electron chi connectivity index (χ0n) is 9.44. The van der Waals surface area contributed by atoms with E-state index >= 15 is 0 Å². The molecule has 0 amide bonds. The standard InChI is InChI=1S/C15H9BrN2/c16-14-12-6-1-2-7-13(12)18-15(14)11-5-3-4-10(8-11)9-17/h1-8,18H. The van der Waals surface area contributed by atoms with Crippen LogP contribution in [0.1, 0.15) is 5.56 Å². The number of hydrogen-bond donors (Lipinski definition) is 1. The van der Waals surface area contributed by atoms with Gasteiger partial charge in [-0.25, -0.2) is 0 Å². The molecule has 0 aliphatic heterocycles. The van der Waals surface area contributed by atoms with E-state index in [-0.39, 0.29) is 0 Å². The number of aromatic nitrogens is 1. The largest absolute Gasteiger partial charge is 0.354 e. The minimum atomic E-state index is 0.665. The van der Waals surface area contributed by atoms with Crippen molar-refractivity contribution < 1.29 is 0 Å². The number of nitrogens with zero attached hydrogens (tertiary/aromatic N) is 1. The van der Waals surface area contributed by atoms with Gasteiger partial charge in [-0.1, -0.05) is 30.3 Å². The first kappa shape index (κ1) is 11.1. The molecule has 0 bridgehead atoms. The van der Waals surface area contributed by atoms with Crippen molar-refractivity contribution in [3.8, 4) is 17.3 Å². The van der Waals surface area contributed by atoms with Crippen LogP contribution in [0.5, 0.6) is 0 Å². The van der Waals surface area contributed by atoms with Gasteiger partial charge in [0.05, 0.1) is 21.8 Å². The molecule has 86 valence electrons. The van der Waals surface area contributed by atoms with E-state index in [1.807, 2.05) is 36.4 Å². The number of benzene rings is 2. The molecule has 0 radical (unpaired) electrons. The number of nitriles is 1. The summed E-state index contributed by atoms with van der Waals surface area (Å²) in [5.41, 5.74) is 3.77. The number of aromatic amines is 1. The van der Waals surface area contributed by atoms with Crippen LogP contribution in [0.4, 0.5) is 0 Å². The van der Waals surface area contributed by atoms with Crippen LogP contribution in [0, 0.1) is 11.3 Å². The van der Waals surface area contributed by atoms with E-state index in [0.717, 1.165) is 26.6 Å². The van der Waals surface area contributed by atoms with Crippen LogP contribution in [-0.2, 0) is 0 Å². The van der Waals surface area contributed by atoms with Crippen LogP contribution in [0.15, 0.2) is 53.0 Å². The maximum absolute atomic E-state index is 8.95. The van der Waals surface area contributed by atoms with Crippen LogP contribution >= 0.6 is 15.9 Å². The number of para-hydroxylation sites is 1.